The average Bonchev–Trinajstić information content (AvgIpc) is 3.16. The summed E-state index contributed by atoms with van der Waals surface area (Å²) in [6, 6.07) is 15.6. The van der Waals surface area contributed by atoms with Gasteiger partial charge in [0, 0.05) is 21.8 Å². The maximum atomic E-state index is 13.1. The van der Waals surface area contributed by atoms with Crippen LogP contribution in [0, 0.1) is 11.3 Å². The van der Waals surface area contributed by atoms with E-state index in [1.54, 1.807) is 23.1 Å². The monoisotopic (exact) mass is 381 g/mol. The van der Waals surface area contributed by atoms with Crippen LogP contribution in [0.2, 0.25) is 0 Å². The minimum Gasteiger partial charge on any atom is -0.353 e. The molecule has 1 aliphatic rings. The first-order valence-corrected chi connectivity index (χ1v) is 10.2. The molecule has 1 aromatic carbocycles. The summed E-state index contributed by atoms with van der Waals surface area (Å²) in [5, 5.41) is 18.9. The third-order valence-corrected chi connectivity index (χ3v) is 5.88. The van der Waals surface area contributed by atoms with Crippen LogP contribution < -0.4 is 10.6 Å². The number of para-hydroxylation sites is 1. The van der Waals surface area contributed by atoms with Crippen molar-refractivity contribution in [2.45, 2.75) is 19.8 Å². The van der Waals surface area contributed by atoms with Crippen LogP contribution in [0.4, 0.5) is 5.69 Å². The van der Waals surface area contributed by atoms with Gasteiger partial charge in [0.1, 0.15) is 0 Å². The number of nitrogens with one attached hydrogen (secondary N) is 2. The van der Waals surface area contributed by atoms with Crippen LogP contribution in [0.5, 0.6) is 0 Å². The van der Waals surface area contributed by atoms with E-state index < -0.39 is 0 Å². The van der Waals surface area contributed by atoms with Crippen molar-refractivity contribution in [3.63, 3.8) is 0 Å². The zero-order valence-corrected chi connectivity index (χ0v) is 16.2. The Balaban J connectivity index is 2.03. The van der Waals surface area contributed by atoms with Gasteiger partial charge in [0.05, 0.1) is 22.6 Å². The number of nitrogens with zero attached hydrogens (tertiary/aromatic N) is 1. The van der Waals surface area contributed by atoms with E-state index in [1.165, 1.54) is 0 Å². The largest absolute Gasteiger partial charge is 0.353 e. The van der Waals surface area contributed by atoms with Crippen LogP contribution in [0.3, 0.4) is 0 Å². The molecule has 4 nitrogen and oxygen atoms in total. The molecule has 1 unspecified atom stereocenters. The molecule has 3 rings (SSSR count). The maximum Gasteiger partial charge on any atom is 0.254 e. The third-order valence-electron chi connectivity index (χ3n) is 4.04. The van der Waals surface area contributed by atoms with Crippen molar-refractivity contribution < 1.29 is 4.79 Å². The molecule has 6 heteroatoms. The molecule has 1 aromatic heterocycles. The standard InChI is InChI=1S/C20H19N3OS2/c1-3-25-20-15(12-21)18(16-10-7-11-26-16)17(13(2)22-20)19(24)23-14-8-5-4-6-9-14/h4-11,18,22H,3H2,1-2H3,(H,23,24). The summed E-state index contributed by atoms with van der Waals surface area (Å²) in [5.74, 6) is 0.315. The van der Waals surface area contributed by atoms with E-state index in [1.807, 2.05) is 61.7 Å². The molecule has 0 bridgehead atoms. The van der Waals surface area contributed by atoms with Crippen molar-refractivity contribution >= 4 is 34.7 Å². The smallest absolute Gasteiger partial charge is 0.254 e. The summed E-state index contributed by atoms with van der Waals surface area (Å²) in [5.41, 5.74) is 2.71. The summed E-state index contributed by atoms with van der Waals surface area (Å²) in [6.07, 6.45) is 0. The van der Waals surface area contributed by atoms with Gasteiger partial charge in [-0.3, -0.25) is 4.79 Å². The number of anilines is 1. The number of rotatable bonds is 5. The first-order valence-electron chi connectivity index (χ1n) is 8.30. The number of carbonyl (C=O) groups excluding carboxylic acids is 1. The molecule has 1 amide bonds. The van der Waals surface area contributed by atoms with Gasteiger partial charge in [-0.15, -0.1) is 23.1 Å². The highest BCUT2D eigenvalue weighted by molar-refractivity contribution is 8.03. The van der Waals surface area contributed by atoms with E-state index in [4.69, 9.17) is 0 Å². The first-order chi connectivity index (χ1) is 12.7. The lowest BCUT2D eigenvalue weighted by Crippen LogP contribution is -2.30. The van der Waals surface area contributed by atoms with Crippen LogP contribution >= 0.6 is 23.1 Å². The maximum absolute atomic E-state index is 13.1. The topological polar surface area (TPSA) is 64.9 Å². The second kappa shape index (κ2) is 8.26. The zero-order chi connectivity index (χ0) is 18.5. The van der Waals surface area contributed by atoms with Crippen molar-refractivity contribution in [1.29, 1.82) is 5.26 Å². The second-order valence-corrected chi connectivity index (χ2v) is 7.97. The van der Waals surface area contributed by atoms with Crippen molar-refractivity contribution in [2.24, 2.45) is 0 Å². The predicted molar refractivity (Wildman–Crippen MR) is 109 cm³/mol. The fraction of sp³-hybridized carbons (Fsp3) is 0.200. The molecule has 26 heavy (non-hydrogen) atoms. The van der Waals surface area contributed by atoms with Gasteiger partial charge < -0.3 is 10.6 Å². The van der Waals surface area contributed by atoms with E-state index in [0.29, 0.717) is 11.1 Å². The Morgan fingerprint density at radius 3 is 2.69 bits per heavy atom. The third kappa shape index (κ3) is 3.69. The normalized spacial score (nSPS) is 16.9. The molecule has 0 saturated carbocycles. The number of hydrogen-bond donors (Lipinski definition) is 2. The van der Waals surface area contributed by atoms with E-state index in [9.17, 15) is 10.1 Å². The van der Waals surface area contributed by atoms with Gasteiger partial charge in [0.2, 0.25) is 0 Å². The summed E-state index contributed by atoms with van der Waals surface area (Å²) >= 11 is 3.15. The molecular weight excluding hydrogens is 362 g/mol. The summed E-state index contributed by atoms with van der Waals surface area (Å²) < 4.78 is 0. The number of thioether (sulfide) groups is 1. The molecule has 1 aliphatic heterocycles. The molecule has 1 atom stereocenters. The van der Waals surface area contributed by atoms with E-state index in [2.05, 4.69) is 16.7 Å². The summed E-state index contributed by atoms with van der Waals surface area (Å²) in [4.78, 5) is 14.1. The van der Waals surface area contributed by atoms with Crippen molar-refractivity contribution in [1.82, 2.24) is 5.32 Å². The predicted octanol–water partition coefficient (Wildman–Crippen LogP) is 4.84. The number of nitriles is 1. The van der Waals surface area contributed by atoms with E-state index in [-0.39, 0.29) is 11.8 Å². The number of hydrogen-bond acceptors (Lipinski definition) is 5. The number of dihydropyridines is 1. The molecule has 2 aromatic rings. The van der Waals surface area contributed by atoms with Crippen molar-refractivity contribution in [3.05, 3.63) is 74.6 Å². The van der Waals surface area contributed by atoms with Crippen LogP contribution in [-0.2, 0) is 4.79 Å². The number of amides is 1. The SMILES string of the molecule is CCSC1=C(C#N)C(c2cccs2)C(C(=O)Nc2ccccc2)=C(C)N1. The lowest BCUT2D eigenvalue weighted by atomic mass is 9.86. The Bertz CT molecular complexity index is 893. The molecule has 0 spiro atoms. The Morgan fingerprint density at radius 2 is 2.08 bits per heavy atom. The first kappa shape index (κ1) is 18.3. The molecule has 132 valence electrons. The Kier molecular flexibility index (Phi) is 5.82. The van der Waals surface area contributed by atoms with Gasteiger partial charge in [-0.1, -0.05) is 31.2 Å². The number of carbonyl (C=O) groups is 1. The summed E-state index contributed by atoms with van der Waals surface area (Å²) in [7, 11) is 0. The van der Waals surface area contributed by atoms with Crippen LogP contribution in [0.15, 0.2) is 69.7 Å². The van der Waals surface area contributed by atoms with Crippen LogP contribution in [0.1, 0.15) is 24.6 Å². The Hall–Kier alpha value is -2.49. The Labute approximate surface area is 161 Å². The van der Waals surface area contributed by atoms with Gasteiger partial charge in [0.15, 0.2) is 0 Å². The molecule has 0 saturated heterocycles. The highest BCUT2D eigenvalue weighted by Crippen LogP contribution is 2.42. The van der Waals surface area contributed by atoms with Gasteiger partial charge in [-0.05, 0) is 36.3 Å². The highest BCUT2D eigenvalue weighted by atomic mass is 32.2. The molecule has 2 heterocycles. The van der Waals surface area contributed by atoms with E-state index >= 15 is 0 Å². The summed E-state index contributed by atoms with van der Waals surface area (Å²) in [6.45, 7) is 3.94. The fourth-order valence-corrected chi connectivity index (χ4v) is 4.61. The quantitative estimate of drug-likeness (QED) is 0.778. The number of allylic oxidation sites excluding steroid dienone is 2. The molecule has 0 aliphatic carbocycles. The van der Waals surface area contributed by atoms with Crippen LogP contribution in [0.25, 0.3) is 0 Å². The van der Waals surface area contributed by atoms with Gasteiger partial charge >= 0.3 is 0 Å². The fourth-order valence-electron chi connectivity index (χ4n) is 2.93. The van der Waals surface area contributed by atoms with E-state index in [0.717, 1.165) is 27.0 Å². The minimum absolute atomic E-state index is 0.187. The molecule has 0 radical (unpaired) electrons. The molecule has 2 N–H and O–H groups in total. The average molecular weight is 382 g/mol. The molecular formula is C20H19N3OS2. The van der Waals surface area contributed by atoms with Gasteiger partial charge in [-0.2, -0.15) is 5.26 Å². The molecule has 0 fully saturated rings. The van der Waals surface area contributed by atoms with Crippen LogP contribution in [-0.4, -0.2) is 11.7 Å². The minimum atomic E-state index is -0.348. The Morgan fingerprint density at radius 1 is 1.31 bits per heavy atom. The second-order valence-electron chi connectivity index (χ2n) is 5.72. The zero-order valence-electron chi connectivity index (χ0n) is 14.6. The lowest BCUT2D eigenvalue weighted by molar-refractivity contribution is -0.113. The van der Waals surface area contributed by atoms with Crippen molar-refractivity contribution in [3.8, 4) is 6.07 Å². The highest BCUT2D eigenvalue weighted by Gasteiger charge is 2.35. The van der Waals surface area contributed by atoms with Crippen molar-refractivity contribution in [2.75, 3.05) is 11.1 Å². The van der Waals surface area contributed by atoms with Gasteiger partial charge in [-0.25, -0.2) is 0 Å². The number of benzene rings is 1. The number of thiophene rings is 1. The van der Waals surface area contributed by atoms with Gasteiger partial charge in [0.25, 0.3) is 5.91 Å². The lowest BCUT2D eigenvalue weighted by Gasteiger charge is -2.29.